The highest BCUT2D eigenvalue weighted by atomic mass is 32.2. The summed E-state index contributed by atoms with van der Waals surface area (Å²) in [6.45, 7) is 5.38. The number of H-pyrrole nitrogens is 1. The molecule has 5 rings (SSSR count). The van der Waals surface area contributed by atoms with Crippen LogP contribution in [0.4, 0.5) is 5.82 Å². The molecule has 8 nitrogen and oxygen atoms in total. The number of aromatic amines is 1. The zero-order chi connectivity index (χ0) is 21.1. The number of piperazine rings is 1. The lowest BCUT2D eigenvalue weighted by Gasteiger charge is -2.42. The first-order valence-corrected chi connectivity index (χ1v) is 12.5. The van der Waals surface area contributed by atoms with Crippen LogP contribution in [0.15, 0.2) is 29.6 Å². The van der Waals surface area contributed by atoms with Crippen molar-refractivity contribution >= 4 is 43.9 Å². The number of carbonyl (C=O) groups is 1. The first kappa shape index (κ1) is 19.5. The first-order chi connectivity index (χ1) is 14.3. The summed E-state index contributed by atoms with van der Waals surface area (Å²) in [6, 6.07) is 3.54. The van der Waals surface area contributed by atoms with Crippen LogP contribution in [-0.4, -0.2) is 65.1 Å². The average molecular weight is 446 g/mol. The van der Waals surface area contributed by atoms with Crippen LogP contribution in [0.5, 0.6) is 0 Å². The summed E-state index contributed by atoms with van der Waals surface area (Å²) < 4.78 is 24.6. The normalized spacial score (nSPS) is 18.3. The molecule has 1 aliphatic heterocycles. The van der Waals surface area contributed by atoms with E-state index in [1.54, 1.807) is 26.2 Å². The van der Waals surface area contributed by atoms with Crippen LogP contribution >= 0.6 is 11.3 Å². The Morgan fingerprint density at radius 3 is 2.83 bits per heavy atom. The Morgan fingerprint density at radius 1 is 1.30 bits per heavy atom. The number of aromatic nitrogens is 3. The van der Waals surface area contributed by atoms with Gasteiger partial charge in [0.05, 0.1) is 26.5 Å². The molecule has 0 unspecified atom stereocenters. The largest absolute Gasteiger partial charge is 0.352 e. The summed E-state index contributed by atoms with van der Waals surface area (Å²) in [4.78, 5) is 30.9. The Labute approximate surface area is 178 Å². The Bertz CT molecular complexity index is 1240. The van der Waals surface area contributed by atoms with Crippen molar-refractivity contribution in [3.63, 3.8) is 0 Å². The van der Waals surface area contributed by atoms with E-state index in [4.69, 9.17) is 0 Å². The third kappa shape index (κ3) is 3.01. The molecule has 0 atom stereocenters. The fraction of sp³-hybridized carbons (Fsp3) is 0.450. The lowest BCUT2D eigenvalue weighted by molar-refractivity contribution is 0.0629. The second-order valence-corrected chi connectivity index (χ2v) is 11.5. The van der Waals surface area contributed by atoms with Gasteiger partial charge in [-0.25, -0.2) is 18.4 Å². The molecule has 1 N–H and O–H groups in total. The van der Waals surface area contributed by atoms with Gasteiger partial charge in [-0.15, -0.1) is 11.3 Å². The number of nitrogens with zero attached hydrogens (tertiary/aromatic N) is 4. The Kier molecular flexibility index (Phi) is 4.41. The van der Waals surface area contributed by atoms with Gasteiger partial charge in [0.25, 0.3) is 5.91 Å². The van der Waals surface area contributed by atoms with Crippen LogP contribution in [0.2, 0.25) is 0 Å². The van der Waals surface area contributed by atoms with Gasteiger partial charge in [-0.1, -0.05) is 6.92 Å². The zero-order valence-corrected chi connectivity index (χ0v) is 18.5. The van der Waals surface area contributed by atoms with E-state index in [0.717, 1.165) is 36.2 Å². The van der Waals surface area contributed by atoms with Crippen molar-refractivity contribution in [1.82, 2.24) is 19.9 Å². The van der Waals surface area contributed by atoms with Gasteiger partial charge in [-0.05, 0) is 31.9 Å². The average Bonchev–Trinajstić information content (AvgIpc) is 3.16. The van der Waals surface area contributed by atoms with Crippen molar-refractivity contribution in [1.29, 1.82) is 0 Å². The molecule has 1 saturated carbocycles. The lowest BCUT2D eigenvalue weighted by atomic mass is 10.1. The van der Waals surface area contributed by atoms with Crippen molar-refractivity contribution in [2.75, 3.05) is 30.3 Å². The summed E-state index contributed by atoms with van der Waals surface area (Å²) >= 11 is 1.28. The molecule has 0 aromatic carbocycles. The lowest BCUT2D eigenvalue weighted by Crippen LogP contribution is -2.57. The monoisotopic (exact) mass is 445 g/mol. The second kappa shape index (κ2) is 6.78. The van der Waals surface area contributed by atoms with Crippen molar-refractivity contribution in [3.05, 3.63) is 34.4 Å². The van der Waals surface area contributed by atoms with E-state index in [0.29, 0.717) is 22.8 Å². The topological polar surface area (TPSA) is 99.3 Å². The minimum Gasteiger partial charge on any atom is -0.352 e. The predicted molar refractivity (Wildman–Crippen MR) is 116 cm³/mol. The molecular weight excluding hydrogens is 422 g/mol. The van der Waals surface area contributed by atoms with E-state index in [-0.39, 0.29) is 22.1 Å². The minimum absolute atomic E-state index is 0.0351. The number of nitrogens with one attached hydrogen (secondary N) is 1. The molecule has 158 valence electrons. The highest BCUT2D eigenvalue weighted by Crippen LogP contribution is 2.46. The van der Waals surface area contributed by atoms with Gasteiger partial charge in [0, 0.05) is 30.7 Å². The Hall–Kier alpha value is -2.46. The van der Waals surface area contributed by atoms with Gasteiger partial charge in [0.1, 0.15) is 17.8 Å². The van der Waals surface area contributed by atoms with E-state index in [1.807, 2.05) is 17.2 Å². The summed E-state index contributed by atoms with van der Waals surface area (Å²) in [6.07, 6.45) is 5.31. The number of aryl methyl sites for hydroxylation is 1. The molecular formula is C20H23N5O3S2. The smallest absolute Gasteiger partial charge is 0.264 e. The summed E-state index contributed by atoms with van der Waals surface area (Å²) in [7, 11) is -3.33. The number of fused-ring (bicyclic) bond motifs is 1. The summed E-state index contributed by atoms with van der Waals surface area (Å²) in [5, 5.41) is 0.983. The minimum atomic E-state index is -3.33. The maximum absolute atomic E-state index is 13.3. The molecule has 0 radical (unpaired) electrons. The van der Waals surface area contributed by atoms with Gasteiger partial charge in [-0.2, -0.15) is 0 Å². The van der Waals surface area contributed by atoms with Crippen molar-refractivity contribution < 1.29 is 13.2 Å². The predicted octanol–water partition coefficient (Wildman–Crippen LogP) is 2.62. The molecule has 1 saturated heterocycles. The number of hydrogen-bond donors (Lipinski definition) is 1. The maximum atomic E-state index is 13.3. The van der Waals surface area contributed by atoms with Gasteiger partial charge in [0.2, 0.25) is 0 Å². The van der Waals surface area contributed by atoms with Gasteiger partial charge in [0.15, 0.2) is 9.84 Å². The number of sulfone groups is 1. The number of anilines is 1. The number of thiophene rings is 1. The van der Waals surface area contributed by atoms with Crippen LogP contribution in [0.1, 0.15) is 34.3 Å². The van der Waals surface area contributed by atoms with Gasteiger partial charge in [-0.3, -0.25) is 4.79 Å². The molecule has 2 fully saturated rings. The first-order valence-electron chi connectivity index (χ1n) is 10.0. The third-order valence-electron chi connectivity index (χ3n) is 6.15. The number of rotatable bonds is 4. The fourth-order valence-corrected chi connectivity index (χ4v) is 6.82. The quantitative estimate of drug-likeness (QED) is 0.663. The number of carbonyl (C=O) groups excluding carboxylic acids is 1. The molecule has 1 spiro atoms. The van der Waals surface area contributed by atoms with Crippen LogP contribution in [-0.2, 0) is 9.84 Å². The number of amides is 1. The molecule has 1 aliphatic carbocycles. The van der Waals surface area contributed by atoms with Gasteiger partial charge >= 0.3 is 0 Å². The Morgan fingerprint density at radius 2 is 2.10 bits per heavy atom. The molecule has 3 aromatic heterocycles. The van der Waals surface area contributed by atoms with E-state index in [9.17, 15) is 13.2 Å². The molecule has 4 heterocycles. The van der Waals surface area contributed by atoms with Crippen molar-refractivity contribution in [3.8, 4) is 0 Å². The molecule has 30 heavy (non-hydrogen) atoms. The molecule has 3 aromatic rings. The molecule has 1 amide bonds. The second-order valence-electron chi connectivity index (χ2n) is 7.97. The fourth-order valence-electron chi connectivity index (χ4n) is 4.33. The van der Waals surface area contributed by atoms with Crippen molar-refractivity contribution in [2.45, 2.75) is 37.1 Å². The summed E-state index contributed by atoms with van der Waals surface area (Å²) in [5.41, 5.74) is 0.604. The number of hydrogen-bond acceptors (Lipinski definition) is 7. The third-order valence-corrected chi connectivity index (χ3v) is 9.18. The van der Waals surface area contributed by atoms with Crippen LogP contribution in [0, 0.1) is 6.92 Å². The van der Waals surface area contributed by atoms with Crippen LogP contribution in [0.3, 0.4) is 0 Å². The summed E-state index contributed by atoms with van der Waals surface area (Å²) in [5.74, 6) is 0.864. The Balaban J connectivity index is 1.41. The maximum Gasteiger partial charge on any atom is 0.264 e. The van der Waals surface area contributed by atoms with Gasteiger partial charge < -0.3 is 14.8 Å². The molecule has 2 aliphatic rings. The standard InChI is InChI=1S/C20H23N5O3S2/c1-3-30(27,28)16-10-15(29-13(16)2)19(26)25-9-8-24(11-20(25)5-6-20)18-14-4-7-21-17(14)22-12-23-18/h4,7,10,12H,3,5-6,8-9,11H2,1-2H3,(H,21,22,23). The molecule has 0 bridgehead atoms. The van der Waals surface area contributed by atoms with E-state index >= 15 is 0 Å². The van der Waals surface area contributed by atoms with Crippen molar-refractivity contribution in [2.24, 2.45) is 0 Å². The molecule has 10 heteroatoms. The SMILES string of the molecule is CCS(=O)(=O)c1cc(C(=O)N2CCN(c3ncnc4[nH]ccc34)CC23CC3)sc1C. The van der Waals surface area contributed by atoms with E-state index < -0.39 is 9.84 Å². The van der Waals surface area contributed by atoms with E-state index in [2.05, 4.69) is 19.9 Å². The zero-order valence-electron chi connectivity index (χ0n) is 16.9. The van der Waals surface area contributed by atoms with Crippen LogP contribution in [0.25, 0.3) is 11.0 Å². The van der Waals surface area contributed by atoms with Crippen LogP contribution < -0.4 is 4.90 Å². The van der Waals surface area contributed by atoms with E-state index in [1.165, 1.54) is 11.3 Å². The highest BCUT2D eigenvalue weighted by molar-refractivity contribution is 7.91. The highest BCUT2D eigenvalue weighted by Gasteiger charge is 2.53.